The molecule has 0 saturated heterocycles. The predicted octanol–water partition coefficient (Wildman–Crippen LogP) is 5.15. The number of hydrogen-bond acceptors (Lipinski definition) is 6. The second-order valence-corrected chi connectivity index (χ2v) is 8.48. The molecule has 6 heteroatoms. The van der Waals surface area contributed by atoms with Crippen molar-refractivity contribution in [1.29, 1.82) is 0 Å². The first kappa shape index (κ1) is 23.4. The van der Waals surface area contributed by atoms with Gasteiger partial charge in [-0.1, -0.05) is 76.2 Å². The van der Waals surface area contributed by atoms with E-state index in [9.17, 15) is 9.59 Å². The molecule has 0 radical (unpaired) electrons. The number of carbonyl (C=O) groups is 2. The van der Waals surface area contributed by atoms with Crippen LogP contribution in [0.5, 0.6) is 11.5 Å². The lowest BCUT2D eigenvalue weighted by Crippen LogP contribution is -2.18. The van der Waals surface area contributed by atoms with E-state index in [4.69, 9.17) is 18.9 Å². The summed E-state index contributed by atoms with van der Waals surface area (Å²) in [4.78, 5) is 24.2. The van der Waals surface area contributed by atoms with Crippen LogP contribution in [0, 0.1) is 11.8 Å². The molecule has 0 heterocycles. The lowest BCUT2D eigenvalue weighted by Gasteiger charge is -2.17. The standard InChI is InChI=1S/C26H30O6/c1-17(2)13-29-23(27)15-31-25-19-9-5-7-11-21(19)26(22-12-8-6-10-20(22)25)32-16-24(28)30-14-18(3)4/h5-12,17-18H,13-16H2,1-4H3. The molecule has 0 N–H and O–H groups in total. The number of esters is 2. The van der Waals surface area contributed by atoms with E-state index >= 15 is 0 Å². The Bertz CT molecular complexity index is 943. The number of ether oxygens (including phenoxy) is 4. The molecule has 3 aromatic carbocycles. The number of benzene rings is 3. The smallest absolute Gasteiger partial charge is 0.344 e. The van der Waals surface area contributed by atoms with Crippen molar-refractivity contribution in [3.05, 3.63) is 48.5 Å². The van der Waals surface area contributed by atoms with Gasteiger partial charge in [0.15, 0.2) is 13.2 Å². The van der Waals surface area contributed by atoms with Crippen LogP contribution in [0.1, 0.15) is 27.7 Å². The van der Waals surface area contributed by atoms with Gasteiger partial charge in [0.1, 0.15) is 11.5 Å². The van der Waals surface area contributed by atoms with E-state index in [1.54, 1.807) is 0 Å². The van der Waals surface area contributed by atoms with Crippen LogP contribution in [-0.2, 0) is 19.1 Å². The Balaban J connectivity index is 1.92. The van der Waals surface area contributed by atoms with Gasteiger partial charge in [-0.15, -0.1) is 0 Å². The Kier molecular flexibility index (Phi) is 7.92. The maximum atomic E-state index is 12.1. The highest BCUT2D eigenvalue weighted by Gasteiger charge is 2.18. The maximum absolute atomic E-state index is 12.1. The fourth-order valence-electron chi connectivity index (χ4n) is 3.22. The lowest BCUT2D eigenvalue weighted by atomic mass is 10.0. The van der Waals surface area contributed by atoms with Crippen LogP contribution in [0.25, 0.3) is 21.5 Å². The van der Waals surface area contributed by atoms with Crippen LogP contribution in [0.15, 0.2) is 48.5 Å². The van der Waals surface area contributed by atoms with Gasteiger partial charge in [0.25, 0.3) is 0 Å². The van der Waals surface area contributed by atoms with E-state index in [1.165, 1.54) is 0 Å². The topological polar surface area (TPSA) is 71.1 Å². The molecule has 0 spiro atoms. The highest BCUT2D eigenvalue weighted by molar-refractivity contribution is 6.11. The molecule has 0 fully saturated rings. The highest BCUT2D eigenvalue weighted by atomic mass is 16.6. The molecule has 0 atom stereocenters. The van der Waals surface area contributed by atoms with Crippen molar-refractivity contribution in [2.24, 2.45) is 11.8 Å². The van der Waals surface area contributed by atoms with Gasteiger partial charge in [0.2, 0.25) is 0 Å². The van der Waals surface area contributed by atoms with Crippen LogP contribution < -0.4 is 9.47 Å². The zero-order valence-corrected chi connectivity index (χ0v) is 19.1. The molecule has 0 aromatic heterocycles. The third-order valence-electron chi connectivity index (χ3n) is 4.66. The second-order valence-electron chi connectivity index (χ2n) is 8.48. The monoisotopic (exact) mass is 438 g/mol. The summed E-state index contributed by atoms with van der Waals surface area (Å²) in [6.07, 6.45) is 0. The van der Waals surface area contributed by atoms with E-state index in [-0.39, 0.29) is 25.0 Å². The molecule has 6 nitrogen and oxygen atoms in total. The van der Waals surface area contributed by atoms with Gasteiger partial charge in [0.05, 0.1) is 13.2 Å². The molecule has 0 aliphatic heterocycles. The highest BCUT2D eigenvalue weighted by Crippen LogP contribution is 2.42. The average molecular weight is 439 g/mol. The zero-order chi connectivity index (χ0) is 23.1. The molecule has 170 valence electrons. The fraction of sp³-hybridized carbons (Fsp3) is 0.385. The number of carbonyl (C=O) groups excluding carboxylic acids is 2. The molecule has 3 aromatic rings. The third kappa shape index (κ3) is 5.90. The Hall–Kier alpha value is -3.28. The minimum atomic E-state index is -0.417. The molecule has 0 unspecified atom stereocenters. The summed E-state index contributed by atoms with van der Waals surface area (Å²) < 4.78 is 22.4. The first-order valence-electron chi connectivity index (χ1n) is 10.9. The van der Waals surface area contributed by atoms with Crippen LogP contribution in [0.4, 0.5) is 0 Å². The third-order valence-corrected chi connectivity index (χ3v) is 4.66. The minimum absolute atomic E-state index is 0.192. The number of hydrogen-bond donors (Lipinski definition) is 0. The van der Waals surface area contributed by atoms with E-state index in [1.807, 2.05) is 76.2 Å². The van der Waals surface area contributed by atoms with Crippen LogP contribution in [0.2, 0.25) is 0 Å². The van der Waals surface area contributed by atoms with Gasteiger partial charge in [0, 0.05) is 21.5 Å². The SMILES string of the molecule is CC(C)COC(=O)COc1c2ccccc2c(OCC(=O)OCC(C)C)c2ccccc12. The number of fused-ring (bicyclic) bond motifs is 2. The quantitative estimate of drug-likeness (QED) is 0.322. The van der Waals surface area contributed by atoms with Crippen molar-refractivity contribution >= 4 is 33.5 Å². The van der Waals surface area contributed by atoms with Crippen molar-refractivity contribution in [1.82, 2.24) is 0 Å². The van der Waals surface area contributed by atoms with E-state index < -0.39 is 11.9 Å². The molecule has 0 saturated carbocycles. The Morgan fingerprint density at radius 1 is 0.625 bits per heavy atom. The lowest BCUT2D eigenvalue weighted by molar-refractivity contribution is -0.147. The predicted molar refractivity (Wildman–Crippen MR) is 124 cm³/mol. The molecule has 32 heavy (non-hydrogen) atoms. The summed E-state index contributed by atoms with van der Waals surface area (Å²) in [5.74, 6) is 0.827. The fourth-order valence-corrected chi connectivity index (χ4v) is 3.22. The van der Waals surface area contributed by atoms with Gasteiger partial charge >= 0.3 is 11.9 Å². The van der Waals surface area contributed by atoms with E-state index in [2.05, 4.69) is 0 Å². The first-order chi connectivity index (χ1) is 15.4. The van der Waals surface area contributed by atoms with E-state index in [0.29, 0.717) is 24.7 Å². The first-order valence-corrected chi connectivity index (χ1v) is 10.9. The number of rotatable bonds is 10. The summed E-state index contributed by atoms with van der Waals surface area (Å²) in [5.41, 5.74) is 0. The van der Waals surface area contributed by atoms with Gasteiger partial charge in [-0.05, 0) is 11.8 Å². The Labute approximate surface area is 188 Å². The zero-order valence-electron chi connectivity index (χ0n) is 19.1. The van der Waals surface area contributed by atoms with Gasteiger partial charge in [-0.3, -0.25) is 0 Å². The van der Waals surface area contributed by atoms with Crippen molar-refractivity contribution in [3.63, 3.8) is 0 Å². The summed E-state index contributed by atoms with van der Waals surface area (Å²) >= 11 is 0. The van der Waals surface area contributed by atoms with Crippen molar-refractivity contribution in [3.8, 4) is 11.5 Å². The summed E-state index contributed by atoms with van der Waals surface area (Å²) in [7, 11) is 0. The molecule has 3 rings (SSSR count). The molecule has 0 aliphatic rings. The minimum Gasteiger partial charge on any atom is -0.481 e. The molecule has 0 aliphatic carbocycles. The Morgan fingerprint density at radius 3 is 1.22 bits per heavy atom. The second kappa shape index (κ2) is 10.8. The van der Waals surface area contributed by atoms with Crippen molar-refractivity contribution in [2.45, 2.75) is 27.7 Å². The van der Waals surface area contributed by atoms with Crippen LogP contribution in [0.3, 0.4) is 0 Å². The summed E-state index contributed by atoms with van der Waals surface area (Å²) in [6, 6.07) is 15.2. The summed E-state index contributed by atoms with van der Waals surface area (Å²) in [6.45, 7) is 8.23. The Morgan fingerprint density at radius 2 is 0.938 bits per heavy atom. The maximum Gasteiger partial charge on any atom is 0.344 e. The molecular formula is C26H30O6. The van der Waals surface area contributed by atoms with Gasteiger partial charge < -0.3 is 18.9 Å². The van der Waals surface area contributed by atoms with Crippen molar-refractivity contribution < 1.29 is 28.5 Å². The largest absolute Gasteiger partial charge is 0.481 e. The van der Waals surface area contributed by atoms with Crippen LogP contribution in [-0.4, -0.2) is 38.4 Å². The molecule has 0 bridgehead atoms. The average Bonchev–Trinajstić information content (AvgIpc) is 2.78. The van der Waals surface area contributed by atoms with Gasteiger partial charge in [-0.2, -0.15) is 0 Å². The normalized spacial score (nSPS) is 11.2. The summed E-state index contributed by atoms with van der Waals surface area (Å²) in [5, 5.41) is 3.14. The molecular weight excluding hydrogens is 408 g/mol. The van der Waals surface area contributed by atoms with Crippen molar-refractivity contribution in [2.75, 3.05) is 26.4 Å². The van der Waals surface area contributed by atoms with Crippen LogP contribution >= 0.6 is 0 Å². The van der Waals surface area contributed by atoms with Gasteiger partial charge in [-0.25, -0.2) is 9.59 Å². The molecule has 0 amide bonds. The van der Waals surface area contributed by atoms with E-state index in [0.717, 1.165) is 21.5 Å².